The molecule has 1 amide bonds. The molecule has 0 radical (unpaired) electrons. The average Bonchev–Trinajstić information content (AvgIpc) is 2.84. The van der Waals surface area contributed by atoms with Crippen LogP contribution in [0.5, 0.6) is 0 Å². The molecule has 0 unspecified atom stereocenters. The van der Waals surface area contributed by atoms with Crippen molar-refractivity contribution >= 4 is 59.9 Å². The molecular formula is C12H16Cl4NO5P. The van der Waals surface area contributed by atoms with E-state index in [2.05, 4.69) is 0 Å². The number of likely N-dealkylation sites (tertiary alicyclic amines) is 1. The molecule has 6 nitrogen and oxygen atoms in total. The first kappa shape index (κ1) is 19.8. The fourth-order valence-electron chi connectivity index (χ4n) is 2.97. The Labute approximate surface area is 154 Å². The lowest BCUT2D eigenvalue weighted by atomic mass is 9.88. The molecule has 4 atom stereocenters. The molecule has 11 heteroatoms. The summed E-state index contributed by atoms with van der Waals surface area (Å²) in [6, 6.07) is 0. The fourth-order valence-corrected chi connectivity index (χ4v) is 5.29. The molecule has 1 aliphatic heterocycles. The molecule has 1 aliphatic carbocycles. The van der Waals surface area contributed by atoms with Gasteiger partial charge in [-0.3, -0.25) is 9.36 Å². The lowest BCUT2D eigenvalue weighted by molar-refractivity contribution is -0.130. The molecular weight excluding hydrogens is 411 g/mol. The number of hydrogen-bond donors (Lipinski definition) is 1. The molecule has 0 aromatic carbocycles. The Kier molecular flexibility index (Phi) is 6.03. The van der Waals surface area contributed by atoms with E-state index in [9.17, 15) is 14.5 Å². The largest absolute Gasteiger partial charge is 0.391 e. The van der Waals surface area contributed by atoms with Crippen molar-refractivity contribution < 1.29 is 23.5 Å². The van der Waals surface area contributed by atoms with Crippen LogP contribution in [0.1, 0.15) is 6.42 Å². The molecule has 2 aliphatic rings. The highest BCUT2D eigenvalue weighted by molar-refractivity contribution is 7.54. The molecule has 0 aromatic rings. The molecule has 1 saturated heterocycles. The van der Waals surface area contributed by atoms with Crippen molar-refractivity contribution in [3.8, 4) is 0 Å². The predicted octanol–water partition coefficient (Wildman–Crippen LogP) is 2.93. The highest BCUT2D eigenvalue weighted by Gasteiger charge is 2.55. The smallest absolute Gasteiger partial charge is 0.356 e. The third kappa shape index (κ3) is 3.70. The van der Waals surface area contributed by atoms with Gasteiger partial charge in [-0.2, -0.15) is 0 Å². The van der Waals surface area contributed by atoms with Crippen molar-refractivity contribution in [2.75, 3.05) is 20.8 Å². The summed E-state index contributed by atoms with van der Waals surface area (Å²) in [6.45, 7) is 0.126. The standard InChI is InChI=1S/C12H16Cl4NO5P/c1-21-23(20,22-2)10-7-4-8(13)9(18)3-6(7)5-17(10)11(19)12(14,15)16/h4,6,8-10,18H,3,5H2,1-2H3/t6-,8+,9-,10+/m0/s1. The third-order valence-electron chi connectivity index (χ3n) is 4.04. The quantitative estimate of drug-likeness (QED) is 0.426. The maximum absolute atomic E-state index is 12.9. The van der Waals surface area contributed by atoms with Crippen molar-refractivity contribution in [3.05, 3.63) is 11.6 Å². The highest BCUT2D eigenvalue weighted by atomic mass is 35.6. The monoisotopic (exact) mass is 425 g/mol. The van der Waals surface area contributed by atoms with Crippen LogP contribution in [0.3, 0.4) is 0 Å². The van der Waals surface area contributed by atoms with E-state index in [1.807, 2.05) is 0 Å². The van der Waals surface area contributed by atoms with Crippen LogP contribution in [0, 0.1) is 5.92 Å². The van der Waals surface area contributed by atoms with Gasteiger partial charge in [-0.1, -0.05) is 40.9 Å². The summed E-state index contributed by atoms with van der Waals surface area (Å²) < 4.78 is 20.8. The molecule has 1 heterocycles. The van der Waals surface area contributed by atoms with E-state index in [0.717, 1.165) is 0 Å². The second kappa shape index (κ2) is 7.00. The molecule has 0 saturated carbocycles. The van der Waals surface area contributed by atoms with E-state index in [1.54, 1.807) is 6.08 Å². The summed E-state index contributed by atoms with van der Waals surface area (Å²) in [6.07, 6.45) is 1.09. The Hall–Kier alpha value is 0.480. The minimum Gasteiger partial charge on any atom is -0.391 e. The summed E-state index contributed by atoms with van der Waals surface area (Å²) in [5.41, 5.74) is 0.588. The molecule has 1 fully saturated rings. The van der Waals surface area contributed by atoms with Gasteiger partial charge in [0.05, 0.1) is 11.5 Å². The number of fused-ring (bicyclic) bond motifs is 1. The minimum absolute atomic E-state index is 0.126. The van der Waals surface area contributed by atoms with Gasteiger partial charge in [0.2, 0.25) is 0 Å². The first-order chi connectivity index (χ1) is 10.5. The molecule has 0 aromatic heterocycles. The summed E-state index contributed by atoms with van der Waals surface area (Å²) in [5, 5.41) is 9.25. The molecule has 2 rings (SSSR count). The second-order valence-corrected chi connectivity index (χ2v) is 10.4. The zero-order chi connectivity index (χ0) is 17.6. The van der Waals surface area contributed by atoms with Crippen molar-refractivity contribution in [3.63, 3.8) is 0 Å². The topological polar surface area (TPSA) is 76.1 Å². The normalized spacial score (nSPS) is 31.8. The number of rotatable bonds is 3. The van der Waals surface area contributed by atoms with E-state index in [0.29, 0.717) is 12.0 Å². The zero-order valence-corrected chi connectivity index (χ0v) is 16.2. The second-order valence-electron chi connectivity index (χ2n) is 5.34. The van der Waals surface area contributed by atoms with Crippen LogP contribution in [-0.2, 0) is 18.4 Å². The van der Waals surface area contributed by atoms with Gasteiger partial charge >= 0.3 is 7.60 Å². The van der Waals surface area contributed by atoms with E-state index in [4.69, 9.17) is 55.5 Å². The van der Waals surface area contributed by atoms with Gasteiger partial charge in [0, 0.05) is 26.7 Å². The summed E-state index contributed by atoms with van der Waals surface area (Å²) in [7, 11) is -1.29. The lowest BCUT2D eigenvalue weighted by Crippen LogP contribution is -2.43. The number of aliphatic hydroxyl groups excluding tert-OH is 1. The molecule has 23 heavy (non-hydrogen) atoms. The Morgan fingerprint density at radius 3 is 2.43 bits per heavy atom. The van der Waals surface area contributed by atoms with Crippen LogP contribution in [0.4, 0.5) is 0 Å². The fraction of sp³-hybridized carbons (Fsp3) is 0.750. The van der Waals surface area contributed by atoms with Gasteiger partial charge in [0.15, 0.2) is 5.78 Å². The van der Waals surface area contributed by atoms with Gasteiger partial charge in [0.25, 0.3) is 9.70 Å². The predicted molar refractivity (Wildman–Crippen MR) is 89.3 cm³/mol. The number of halogens is 4. The molecule has 1 N–H and O–H groups in total. The highest BCUT2D eigenvalue weighted by Crippen LogP contribution is 2.60. The Morgan fingerprint density at radius 1 is 1.39 bits per heavy atom. The Bertz CT molecular complexity index is 558. The van der Waals surface area contributed by atoms with E-state index >= 15 is 0 Å². The van der Waals surface area contributed by atoms with Crippen LogP contribution in [0.25, 0.3) is 0 Å². The summed E-state index contributed by atoms with van der Waals surface area (Å²) >= 11 is 23.2. The third-order valence-corrected chi connectivity index (χ3v) is 7.13. The van der Waals surface area contributed by atoms with Crippen LogP contribution >= 0.6 is 54.0 Å². The average molecular weight is 427 g/mol. The summed E-state index contributed by atoms with van der Waals surface area (Å²) in [5.74, 6) is -2.14. The van der Waals surface area contributed by atoms with Gasteiger partial charge in [-0.05, 0) is 12.0 Å². The van der Waals surface area contributed by atoms with Gasteiger partial charge in [0.1, 0.15) is 0 Å². The maximum Gasteiger partial charge on any atom is 0.356 e. The van der Waals surface area contributed by atoms with Gasteiger partial charge in [-0.25, -0.2) is 0 Å². The zero-order valence-electron chi connectivity index (χ0n) is 12.3. The van der Waals surface area contributed by atoms with E-state index < -0.39 is 34.6 Å². The number of nitrogens with zero attached hydrogens (tertiary/aromatic N) is 1. The number of carbonyl (C=O) groups is 1. The van der Waals surface area contributed by atoms with Crippen molar-refractivity contribution in [1.29, 1.82) is 0 Å². The first-order valence-electron chi connectivity index (χ1n) is 6.68. The molecule has 0 bridgehead atoms. The SMILES string of the molecule is COP(=O)(OC)[C@@H]1C2=C[C@@H](Cl)[C@@H](O)C[C@H]2CN1C(=O)C(Cl)(Cl)Cl. The maximum atomic E-state index is 12.9. The van der Waals surface area contributed by atoms with E-state index in [1.165, 1.54) is 19.1 Å². The summed E-state index contributed by atoms with van der Waals surface area (Å²) in [4.78, 5) is 13.6. The van der Waals surface area contributed by atoms with Gasteiger partial charge in [-0.15, -0.1) is 11.6 Å². The Morgan fingerprint density at radius 2 is 1.96 bits per heavy atom. The minimum atomic E-state index is -3.72. The van der Waals surface area contributed by atoms with E-state index in [-0.39, 0.29) is 12.5 Å². The van der Waals surface area contributed by atoms with Crippen molar-refractivity contribution in [2.45, 2.75) is 27.5 Å². The van der Waals surface area contributed by atoms with Gasteiger partial charge < -0.3 is 19.1 Å². The number of carbonyl (C=O) groups excluding carboxylic acids is 1. The van der Waals surface area contributed by atoms with Crippen LogP contribution in [0.2, 0.25) is 0 Å². The van der Waals surface area contributed by atoms with Crippen molar-refractivity contribution in [2.24, 2.45) is 5.92 Å². The Balaban J connectivity index is 2.50. The number of aliphatic hydroxyl groups is 1. The number of amides is 1. The number of alkyl halides is 4. The first-order valence-corrected chi connectivity index (χ1v) is 9.86. The van der Waals surface area contributed by atoms with Crippen LogP contribution in [0.15, 0.2) is 11.6 Å². The molecule has 0 spiro atoms. The van der Waals surface area contributed by atoms with Crippen LogP contribution < -0.4 is 0 Å². The lowest BCUT2D eigenvalue weighted by Gasteiger charge is -2.32. The molecule has 132 valence electrons. The van der Waals surface area contributed by atoms with Crippen LogP contribution in [-0.4, -0.2) is 57.7 Å². The van der Waals surface area contributed by atoms with Crippen molar-refractivity contribution in [1.82, 2.24) is 4.90 Å². The number of hydrogen-bond acceptors (Lipinski definition) is 5.